The molecule has 0 unspecified atom stereocenters. The smallest absolute Gasteiger partial charge is 0.310 e. The van der Waals surface area contributed by atoms with Gasteiger partial charge < -0.3 is 10.2 Å². The van der Waals surface area contributed by atoms with Crippen molar-refractivity contribution in [3.8, 4) is 0 Å². The van der Waals surface area contributed by atoms with Crippen molar-refractivity contribution in [3.63, 3.8) is 0 Å². The largest absolute Gasteiger partial charge is 0.378 e. The highest BCUT2D eigenvalue weighted by atomic mass is 35.5. The fourth-order valence-electron chi connectivity index (χ4n) is 1.31. The van der Waals surface area contributed by atoms with Gasteiger partial charge in [0.15, 0.2) is 0 Å². The maximum Gasteiger partial charge on any atom is 0.310 e. The summed E-state index contributed by atoms with van der Waals surface area (Å²) in [6.07, 6.45) is 0. The first kappa shape index (κ1) is 14.7. The molecule has 0 amide bonds. The van der Waals surface area contributed by atoms with Crippen LogP contribution in [-0.4, -0.2) is 36.0 Å². The number of rotatable bonds is 5. The fraction of sp³-hybridized carbons (Fsp3) is 0.500. The molecule has 18 heavy (non-hydrogen) atoms. The molecule has 1 rings (SSSR count). The van der Waals surface area contributed by atoms with Crippen LogP contribution >= 0.6 is 11.6 Å². The van der Waals surface area contributed by atoms with Crippen LogP contribution in [0, 0.1) is 10.1 Å². The minimum atomic E-state index is -0.465. The molecule has 0 heterocycles. The van der Waals surface area contributed by atoms with E-state index in [4.69, 9.17) is 11.6 Å². The van der Waals surface area contributed by atoms with Gasteiger partial charge >= 0.3 is 5.69 Å². The Labute approximate surface area is 112 Å². The van der Waals surface area contributed by atoms with Crippen LogP contribution in [0.4, 0.5) is 11.4 Å². The number of hydrogen-bond acceptors (Lipinski definition) is 4. The first-order chi connectivity index (χ1) is 8.25. The van der Waals surface area contributed by atoms with Crippen LogP contribution in [0.15, 0.2) is 18.2 Å². The topological polar surface area (TPSA) is 58.4 Å². The number of nitrogens with zero attached hydrogens (tertiary/aromatic N) is 2. The average Bonchev–Trinajstić information content (AvgIpc) is 2.25. The van der Waals surface area contributed by atoms with Crippen LogP contribution in [0.3, 0.4) is 0 Å². The van der Waals surface area contributed by atoms with Gasteiger partial charge in [0.25, 0.3) is 0 Å². The minimum absolute atomic E-state index is 0.0753. The molecule has 0 bridgehead atoms. The number of hydrogen-bond donors (Lipinski definition) is 1. The number of para-hydroxylation sites is 1. The Morgan fingerprint density at radius 1 is 1.44 bits per heavy atom. The fourth-order valence-corrected chi connectivity index (χ4v) is 1.56. The third kappa shape index (κ3) is 3.34. The van der Waals surface area contributed by atoms with Gasteiger partial charge in [0.1, 0.15) is 10.7 Å². The summed E-state index contributed by atoms with van der Waals surface area (Å²) in [5, 5.41) is 14.2. The average molecular weight is 272 g/mol. The lowest BCUT2D eigenvalue weighted by Crippen LogP contribution is -2.44. The van der Waals surface area contributed by atoms with Crippen molar-refractivity contribution in [1.29, 1.82) is 0 Å². The highest BCUT2D eigenvalue weighted by molar-refractivity contribution is 6.33. The quantitative estimate of drug-likeness (QED) is 0.661. The Bertz CT molecular complexity index is 447. The maximum atomic E-state index is 11.0. The Hall–Kier alpha value is -1.33. The monoisotopic (exact) mass is 271 g/mol. The number of nitrogens with one attached hydrogen (secondary N) is 1. The zero-order chi connectivity index (χ0) is 13.9. The van der Waals surface area contributed by atoms with Gasteiger partial charge in [-0.3, -0.25) is 10.1 Å². The van der Waals surface area contributed by atoms with E-state index in [1.54, 1.807) is 12.1 Å². The molecule has 0 aromatic heterocycles. The van der Waals surface area contributed by atoms with Crippen molar-refractivity contribution in [2.75, 3.05) is 26.0 Å². The highest BCUT2D eigenvalue weighted by Gasteiger charge is 2.23. The molecule has 0 radical (unpaired) electrons. The summed E-state index contributed by atoms with van der Waals surface area (Å²) in [5.41, 5.74) is 0.257. The number of benzene rings is 1. The van der Waals surface area contributed by atoms with Crippen molar-refractivity contribution in [2.24, 2.45) is 0 Å². The van der Waals surface area contributed by atoms with Gasteiger partial charge in [-0.25, -0.2) is 0 Å². The van der Waals surface area contributed by atoms with E-state index in [2.05, 4.69) is 24.1 Å². The van der Waals surface area contributed by atoms with Crippen LogP contribution in [-0.2, 0) is 0 Å². The second-order valence-corrected chi connectivity index (χ2v) is 5.36. The van der Waals surface area contributed by atoms with E-state index in [-0.39, 0.29) is 16.2 Å². The molecule has 1 N–H and O–H groups in total. The lowest BCUT2D eigenvalue weighted by Gasteiger charge is -2.32. The normalized spacial score (nSPS) is 11.7. The van der Waals surface area contributed by atoms with Crippen LogP contribution in [0.5, 0.6) is 0 Å². The molecule has 0 saturated heterocycles. The first-order valence-corrected chi connectivity index (χ1v) is 5.97. The van der Waals surface area contributed by atoms with Gasteiger partial charge in [0, 0.05) is 12.1 Å². The predicted molar refractivity (Wildman–Crippen MR) is 74.4 cm³/mol. The SMILES string of the molecule is CN(C)C(C)(C)CNc1cccc(Cl)c1[N+](=O)[O-]. The Morgan fingerprint density at radius 3 is 2.56 bits per heavy atom. The van der Waals surface area contributed by atoms with Gasteiger partial charge in [0.2, 0.25) is 0 Å². The molecular formula is C12H18ClN3O2. The Kier molecular flexibility index (Phi) is 4.53. The molecule has 0 aliphatic rings. The number of nitro groups is 1. The molecule has 1 aromatic carbocycles. The lowest BCUT2D eigenvalue weighted by atomic mass is 10.0. The maximum absolute atomic E-state index is 11.0. The van der Waals surface area contributed by atoms with Crippen LogP contribution in [0.25, 0.3) is 0 Å². The molecule has 0 fully saturated rings. The zero-order valence-electron chi connectivity index (χ0n) is 11.0. The third-order valence-corrected chi connectivity index (χ3v) is 3.40. The van der Waals surface area contributed by atoms with Gasteiger partial charge in [-0.05, 0) is 40.1 Å². The molecule has 100 valence electrons. The van der Waals surface area contributed by atoms with E-state index in [0.29, 0.717) is 12.2 Å². The summed E-state index contributed by atoms with van der Waals surface area (Å²) in [6.45, 7) is 4.69. The summed E-state index contributed by atoms with van der Waals surface area (Å²) in [4.78, 5) is 12.6. The molecule has 0 atom stereocenters. The Balaban J connectivity index is 2.92. The van der Waals surface area contributed by atoms with E-state index in [0.717, 1.165) is 0 Å². The van der Waals surface area contributed by atoms with Crippen LogP contribution in [0.2, 0.25) is 5.02 Å². The number of likely N-dealkylation sites (N-methyl/N-ethyl adjacent to an activating group) is 1. The summed E-state index contributed by atoms with van der Waals surface area (Å²) < 4.78 is 0. The van der Waals surface area contributed by atoms with Crippen LogP contribution < -0.4 is 5.32 Å². The standard InChI is InChI=1S/C12H18ClN3O2/c1-12(2,15(3)4)8-14-10-7-5-6-9(13)11(10)16(17)18/h5-7,14H,8H2,1-4H3. The van der Waals surface area contributed by atoms with E-state index in [1.165, 1.54) is 6.07 Å². The molecule has 6 heteroatoms. The van der Waals surface area contributed by atoms with Crippen molar-refractivity contribution >= 4 is 23.0 Å². The Morgan fingerprint density at radius 2 is 2.06 bits per heavy atom. The molecule has 1 aromatic rings. The molecule has 5 nitrogen and oxygen atoms in total. The number of halogens is 1. The second kappa shape index (κ2) is 5.54. The van der Waals surface area contributed by atoms with Crippen LogP contribution in [0.1, 0.15) is 13.8 Å². The van der Waals surface area contributed by atoms with E-state index >= 15 is 0 Å². The summed E-state index contributed by atoms with van der Waals surface area (Å²) in [7, 11) is 3.93. The van der Waals surface area contributed by atoms with Gasteiger partial charge in [-0.15, -0.1) is 0 Å². The van der Waals surface area contributed by atoms with E-state index in [1.807, 2.05) is 14.1 Å². The summed E-state index contributed by atoms with van der Waals surface area (Å²) >= 11 is 5.84. The second-order valence-electron chi connectivity index (χ2n) is 4.95. The van der Waals surface area contributed by atoms with Crippen molar-refractivity contribution < 1.29 is 4.92 Å². The lowest BCUT2D eigenvalue weighted by molar-refractivity contribution is -0.383. The first-order valence-electron chi connectivity index (χ1n) is 5.60. The highest BCUT2D eigenvalue weighted by Crippen LogP contribution is 2.32. The summed E-state index contributed by atoms with van der Waals surface area (Å²) in [5.74, 6) is 0. The van der Waals surface area contributed by atoms with Gasteiger partial charge in [-0.2, -0.15) is 0 Å². The van der Waals surface area contributed by atoms with Gasteiger partial charge in [0.05, 0.1) is 4.92 Å². The molecule has 0 saturated carbocycles. The number of anilines is 1. The molecule has 0 aliphatic heterocycles. The van der Waals surface area contributed by atoms with Crippen molar-refractivity contribution in [2.45, 2.75) is 19.4 Å². The molecule has 0 aliphatic carbocycles. The zero-order valence-corrected chi connectivity index (χ0v) is 11.8. The van der Waals surface area contributed by atoms with Crippen molar-refractivity contribution in [3.05, 3.63) is 33.3 Å². The summed E-state index contributed by atoms with van der Waals surface area (Å²) in [6, 6.07) is 4.87. The number of nitro benzene ring substituents is 1. The third-order valence-electron chi connectivity index (χ3n) is 3.09. The predicted octanol–water partition coefficient (Wildman–Crippen LogP) is 3.00. The van der Waals surface area contributed by atoms with E-state index in [9.17, 15) is 10.1 Å². The van der Waals surface area contributed by atoms with Gasteiger partial charge in [-0.1, -0.05) is 17.7 Å². The molecular weight excluding hydrogens is 254 g/mol. The molecule has 0 spiro atoms. The van der Waals surface area contributed by atoms with E-state index < -0.39 is 4.92 Å². The minimum Gasteiger partial charge on any atom is -0.378 e. The van der Waals surface area contributed by atoms with Crippen molar-refractivity contribution in [1.82, 2.24) is 4.90 Å².